The number of ether oxygens (including phenoxy) is 1. The molecule has 0 aliphatic carbocycles. The number of carbonyl (C=O) groups is 1. The van der Waals surface area contributed by atoms with Crippen LogP contribution in [0.2, 0.25) is 0 Å². The standard InChI is InChI=1S/C14H15N4O4/c1-3-5-9-10(13(20)17-7-16-9)11-15-6-8(12(19)18-11)14(21)22-4-2/h6H,3-5H2,1-2H3,(H,15,18,19)(H,16,17,20). The van der Waals surface area contributed by atoms with Gasteiger partial charge in [-0.2, -0.15) is 4.98 Å². The van der Waals surface area contributed by atoms with E-state index < -0.39 is 11.5 Å². The molecule has 0 fully saturated rings. The van der Waals surface area contributed by atoms with Crippen molar-refractivity contribution in [2.45, 2.75) is 26.7 Å². The minimum Gasteiger partial charge on any atom is -0.493 e. The molecule has 0 unspecified atom stereocenters. The van der Waals surface area contributed by atoms with Crippen LogP contribution in [0.1, 0.15) is 36.3 Å². The zero-order valence-electron chi connectivity index (χ0n) is 12.2. The van der Waals surface area contributed by atoms with Crippen LogP contribution in [-0.4, -0.2) is 37.6 Å². The molecule has 0 amide bonds. The van der Waals surface area contributed by atoms with E-state index in [1.807, 2.05) is 6.92 Å². The van der Waals surface area contributed by atoms with Crippen molar-refractivity contribution >= 4 is 5.97 Å². The molecule has 115 valence electrons. The molecule has 8 heteroatoms. The molecule has 2 rings (SSSR count). The molecule has 22 heavy (non-hydrogen) atoms. The lowest BCUT2D eigenvalue weighted by molar-refractivity contribution is 0.0524. The van der Waals surface area contributed by atoms with E-state index in [2.05, 4.69) is 26.3 Å². The van der Waals surface area contributed by atoms with Gasteiger partial charge in [0, 0.05) is 6.20 Å². The number of aromatic nitrogens is 4. The Kier molecular flexibility index (Phi) is 4.82. The van der Waals surface area contributed by atoms with Crippen LogP contribution in [0.25, 0.3) is 11.4 Å². The molecule has 0 spiro atoms. The summed E-state index contributed by atoms with van der Waals surface area (Å²) in [5, 5.41) is 9.89. The normalized spacial score (nSPS) is 10.5. The van der Waals surface area contributed by atoms with Crippen molar-refractivity contribution in [1.29, 1.82) is 0 Å². The van der Waals surface area contributed by atoms with Crippen LogP contribution in [-0.2, 0) is 11.2 Å². The first-order chi connectivity index (χ1) is 10.6. The molecule has 2 heterocycles. The molecule has 2 aromatic heterocycles. The van der Waals surface area contributed by atoms with E-state index in [0.717, 1.165) is 12.6 Å². The number of hydrogen-bond acceptors (Lipinski definition) is 7. The minimum atomic E-state index is -0.751. The highest BCUT2D eigenvalue weighted by molar-refractivity contribution is 5.88. The summed E-state index contributed by atoms with van der Waals surface area (Å²) in [5.41, 5.74) is -0.112. The SMILES string of the molecule is CCCc1n[c]nc(O)c1-c1ncc(C(=O)OCC)c(=O)[nH]1. The van der Waals surface area contributed by atoms with Crippen LogP contribution in [0.5, 0.6) is 5.88 Å². The average molecular weight is 303 g/mol. The van der Waals surface area contributed by atoms with Gasteiger partial charge in [0.05, 0.1) is 12.3 Å². The number of aryl methyl sites for hydroxylation is 1. The van der Waals surface area contributed by atoms with Crippen molar-refractivity contribution in [3.8, 4) is 17.3 Å². The molecule has 2 aromatic rings. The minimum absolute atomic E-state index is 0.0907. The van der Waals surface area contributed by atoms with E-state index in [9.17, 15) is 14.7 Å². The Hall–Kier alpha value is -2.77. The summed E-state index contributed by atoms with van der Waals surface area (Å²) >= 11 is 0. The van der Waals surface area contributed by atoms with E-state index in [1.165, 1.54) is 0 Å². The third-order valence-corrected chi connectivity index (χ3v) is 2.87. The second-order valence-corrected chi connectivity index (χ2v) is 4.41. The van der Waals surface area contributed by atoms with Crippen molar-refractivity contribution in [2.75, 3.05) is 6.61 Å². The highest BCUT2D eigenvalue weighted by Crippen LogP contribution is 2.26. The van der Waals surface area contributed by atoms with Gasteiger partial charge in [-0.1, -0.05) is 13.3 Å². The van der Waals surface area contributed by atoms with Crippen molar-refractivity contribution in [2.24, 2.45) is 0 Å². The molecule has 0 aliphatic rings. The quantitative estimate of drug-likeness (QED) is 0.786. The zero-order chi connectivity index (χ0) is 16.1. The third-order valence-electron chi connectivity index (χ3n) is 2.87. The van der Waals surface area contributed by atoms with Gasteiger partial charge in [0.2, 0.25) is 12.2 Å². The average Bonchev–Trinajstić information content (AvgIpc) is 2.48. The number of H-pyrrole nitrogens is 1. The Morgan fingerprint density at radius 2 is 2.18 bits per heavy atom. The first kappa shape index (κ1) is 15.6. The molecular formula is C14H15N4O4. The first-order valence-electron chi connectivity index (χ1n) is 6.81. The van der Waals surface area contributed by atoms with E-state index >= 15 is 0 Å². The predicted octanol–water partition coefficient (Wildman–Crippen LogP) is 0.862. The molecule has 0 bridgehead atoms. The van der Waals surface area contributed by atoms with Crippen LogP contribution >= 0.6 is 0 Å². The topological polar surface area (TPSA) is 118 Å². The third kappa shape index (κ3) is 3.11. The van der Waals surface area contributed by atoms with Crippen LogP contribution in [0.3, 0.4) is 0 Å². The Morgan fingerprint density at radius 1 is 1.41 bits per heavy atom. The summed E-state index contributed by atoms with van der Waals surface area (Å²) in [7, 11) is 0. The zero-order valence-corrected chi connectivity index (χ0v) is 12.2. The maximum Gasteiger partial charge on any atom is 0.345 e. The number of rotatable bonds is 5. The monoisotopic (exact) mass is 303 g/mol. The fraction of sp³-hybridized carbons (Fsp3) is 0.357. The number of carbonyl (C=O) groups excluding carboxylic acids is 1. The molecule has 2 N–H and O–H groups in total. The maximum atomic E-state index is 12.0. The molecular weight excluding hydrogens is 288 g/mol. The lowest BCUT2D eigenvalue weighted by atomic mass is 10.1. The number of hydrogen-bond donors (Lipinski definition) is 2. The molecule has 1 radical (unpaired) electrons. The molecule has 0 aliphatic heterocycles. The van der Waals surface area contributed by atoms with Crippen LogP contribution in [0.4, 0.5) is 0 Å². The summed E-state index contributed by atoms with van der Waals surface area (Å²) < 4.78 is 4.76. The van der Waals surface area contributed by atoms with E-state index in [-0.39, 0.29) is 29.4 Å². The Bertz CT molecular complexity index is 742. The van der Waals surface area contributed by atoms with Gasteiger partial charge in [-0.3, -0.25) is 4.79 Å². The second-order valence-electron chi connectivity index (χ2n) is 4.41. The number of aromatic hydroxyl groups is 1. The lowest BCUT2D eigenvalue weighted by Crippen LogP contribution is -2.21. The number of esters is 1. The largest absolute Gasteiger partial charge is 0.493 e. The highest BCUT2D eigenvalue weighted by Gasteiger charge is 2.18. The number of nitrogens with one attached hydrogen (secondary N) is 1. The summed E-state index contributed by atoms with van der Waals surface area (Å²) in [6, 6.07) is 0. The van der Waals surface area contributed by atoms with Gasteiger partial charge in [-0.25, -0.2) is 14.8 Å². The fourth-order valence-corrected chi connectivity index (χ4v) is 1.91. The Labute approximate surface area is 126 Å². The molecule has 0 saturated heterocycles. The highest BCUT2D eigenvalue weighted by atomic mass is 16.5. The van der Waals surface area contributed by atoms with Gasteiger partial charge in [-0.15, -0.1) is 0 Å². The van der Waals surface area contributed by atoms with Gasteiger partial charge in [-0.05, 0) is 13.3 Å². The molecule has 8 nitrogen and oxygen atoms in total. The van der Waals surface area contributed by atoms with E-state index in [0.29, 0.717) is 12.1 Å². The smallest absolute Gasteiger partial charge is 0.345 e. The molecule has 0 saturated carbocycles. The van der Waals surface area contributed by atoms with Crippen molar-refractivity contribution in [1.82, 2.24) is 19.9 Å². The van der Waals surface area contributed by atoms with Crippen LogP contribution in [0.15, 0.2) is 11.0 Å². The number of nitrogens with zero attached hydrogens (tertiary/aromatic N) is 3. The first-order valence-corrected chi connectivity index (χ1v) is 6.81. The summed E-state index contributed by atoms with van der Waals surface area (Å²) in [6.07, 6.45) is 4.79. The second kappa shape index (κ2) is 6.79. The maximum absolute atomic E-state index is 12.0. The van der Waals surface area contributed by atoms with Gasteiger partial charge >= 0.3 is 5.97 Å². The summed E-state index contributed by atoms with van der Waals surface area (Å²) in [6.45, 7) is 3.74. The van der Waals surface area contributed by atoms with Gasteiger partial charge < -0.3 is 14.8 Å². The fourth-order valence-electron chi connectivity index (χ4n) is 1.91. The lowest BCUT2D eigenvalue weighted by Gasteiger charge is -2.08. The Morgan fingerprint density at radius 3 is 2.82 bits per heavy atom. The van der Waals surface area contributed by atoms with Gasteiger partial charge in [0.1, 0.15) is 17.0 Å². The van der Waals surface area contributed by atoms with E-state index in [4.69, 9.17) is 4.74 Å². The van der Waals surface area contributed by atoms with E-state index in [1.54, 1.807) is 6.92 Å². The van der Waals surface area contributed by atoms with Crippen LogP contribution < -0.4 is 5.56 Å². The van der Waals surface area contributed by atoms with Crippen molar-refractivity contribution in [3.63, 3.8) is 0 Å². The summed E-state index contributed by atoms with van der Waals surface area (Å²) in [4.78, 5) is 37.6. The van der Waals surface area contributed by atoms with Gasteiger partial charge in [0.15, 0.2) is 0 Å². The van der Waals surface area contributed by atoms with Crippen LogP contribution in [0, 0.1) is 6.33 Å². The van der Waals surface area contributed by atoms with Crippen molar-refractivity contribution < 1.29 is 14.6 Å². The predicted molar refractivity (Wildman–Crippen MR) is 76.3 cm³/mol. The van der Waals surface area contributed by atoms with Crippen molar-refractivity contribution in [3.05, 3.63) is 34.1 Å². The number of aromatic amines is 1. The molecule has 0 atom stereocenters. The Balaban J connectivity index is 2.49. The summed E-state index contributed by atoms with van der Waals surface area (Å²) in [5.74, 6) is -0.989. The van der Waals surface area contributed by atoms with Gasteiger partial charge in [0.25, 0.3) is 5.56 Å². The molecule has 0 aromatic carbocycles.